The van der Waals surface area contributed by atoms with Crippen LogP contribution in [0.15, 0.2) is 18.2 Å². The van der Waals surface area contributed by atoms with Crippen LogP contribution in [0.1, 0.15) is 36.5 Å². The number of carboxylic acids is 1. The Labute approximate surface area is 112 Å². The Bertz CT molecular complexity index is 447. The van der Waals surface area contributed by atoms with E-state index in [0.29, 0.717) is 16.6 Å². The molecule has 98 valence electrons. The summed E-state index contributed by atoms with van der Waals surface area (Å²) in [6, 6.07) is 4.95. The summed E-state index contributed by atoms with van der Waals surface area (Å²) in [6.07, 6.45) is 3.78. The maximum Gasteiger partial charge on any atom is 0.337 e. The van der Waals surface area contributed by atoms with E-state index in [0.717, 1.165) is 12.5 Å². The van der Waals surface area contributed by atoms with E-state index >= 15 is 0 Å². The molecule has 1 aromatic rings. The van der Waals surface area contributed by atoms with Crippen molar-refractivity contribution < 1.29 is 9.90 Å². The van der Waals surface area contributed by atoms with Crippen LogP contribution in [0.3, 0.4) is 0 Å². The average molecular weight is 268 g/mol. The molecule has 18 heavy (non-hydrogen) atoms. The van der Waals surface area contributed by atoms with Gasteiger partial charge in [0.05, 0.1) is 5.56 Å². The summed E-state index contributed by atoms with van der Waals surface area (Å²) in [5, 5.41) is 12.8. The smallest absolute Gasteiger partial charge is 0.337 e. The first kappa shape index (κ1) is 13.2. The van der Waals surface area contributed by atoms with E-state index in [-0.39, 0.29) is 5.56 Å². The van der Waals surface area contributed by atoms with Crippen molar-refractivity contribution in [2.45, 2.75) is 26.2 Å². The number of halogens is 1. The van der Waals surface area contributed by atoms with E-state index < -0.39 is 5.97 Å². The molecule has 2 rings (SSSR count). The Morgan fingerprint density at radius 1 is 1.50 bits per heavy atom. The standard InChI is InChI=1S/C14H18ClNO2/c1-9-3-2-4-10(9)8-16-13-6-5-11(15)7-12(13)14(17)18/h5-7,9-10,16H,2-4,8H2,1H3,(H,17,18). The van der Waals surface area contributed by atoms with Crippen molar-refractivity contribution in [3.63, 3.8) is 0 Å². The van der Waals surface area contributed by atoms with Crippen LogP contribution in [0.25, 0.3) is 0 Å². The average Bonchev–Trinajstić information content (AvgIpc) is 2.73. The Balaban J connectivity index is 2.06. The maximum atomic E-state index is 11.1. The number of benzene rings is 1. The van der Waals surface area contributed by atoms with Crippen LogP contribution >= 0.6 is 11.6 Å². The predicted molar refractivity (Wildman–Crippen MR) is 73.4 cm³/mol. The van der Waals surface area contributed by atoms with Gasteiger partial charge >= 0.3 is 5.97 Å². The van der Waals surface area contributed by atoms with Gasteiger partial charge in [-0.05, 0) is 36.5 Å². The molecule has 0 spiro atoms. The van der Waals surface area contributed by atoms with E-state index in [9.17, 15) is 4.79 Å². The molecule has 0 heterocycles. The van der Waals surface area contributed by atoms with Gasteiger partial charge in [-0.1, -0.05) is 31.4 Å². The molecule has 2 unspecified atom stereocenters. The van der Waals surface area contributed by atoms with Crippen molar-refractivity contribution in [1.82, 2.24) is 0 Å². The van der Waals surface area contributed by atoms with Gasteiger partial charge in [0.2, 0.25) is 0 Å². The minimum atomic E-state index is -0.945. The molecule has 0 saturated heterocycles. The number of hydrogen-bond donors (Lipinski definition) is 2. The lowest BCUT2D eigenvalue weighted by Crippen LogP contribution is -2.17. The first-order valence-electron chi connectivity index (χ1n) is 6.34. The van der Waals surface area contributed by atoms with Crippen molar-refractivity contribution in [3.05, 3.63) is 28.8 Å². The zero-order valence-corrected chi connectivity index (χ0v) is 11.2. The molecule has 1 aliphatic carbocycles. The highest BCUT2D eigenvalue weighted by atomic mass is 35.5. The molecule has 3 nitrogen and oxygen atoms in total. The van der Waals surface area contributed by atoms with Gasteiger partial charge in [0, 0.05) is 17.3 Å². The Kier molecular flexibility index (Phi) is 4.12. The van der Waals surface area contributed by atoms with Crippen LogP contribution in [0.5, 0.6) is 0 Å². The Morgan fingerprint density at radius 3 is 2.89 bits per heavy atom. The van der Waals surface area contributed by atoms with E-state index in [1.807, 2.05) is 0 Å². The van der Waals surface area contributed by atoms with Gasteiger partial charge in [-0.3, -0.25) is 0 Å². The number of rotatable bonds is 4. The summed E-state index contributed by atoms with van der Waals surface area (Å²) in [6.45, 7) is 3.10. The lowest BCUT2D eigenvalue weighted by atomic mass is 9.98. The molecular weight excluding hydrogens is 250 g/mol. The van der Waals surface area contributed by atoms with Crippen LogP contribution in [-0.4, -0.2) is 17.6 Å². The molecule has 2 atom stereocenters. The molecule has 1 fully saturated rings. The summed E-state index contributed by atoms with van der Waals surface area (Å²) >= 11 is 5.82. The zero-order chi connectivity index (χ0) is 13.1. The summed E-state index contributed by atoms with van der Waals surface area (Å²) < 4.78 is 0. The normalized spacial score (nSPS) is 23.0. The molecular formula is C14H18ClNO2. The molecule has 4 heteroatoms. The number of carboxylic acid groups (broad SMARTS) is 1. The van der Waals surface area contributed by atoms with E-state index in [2.05, 4.69) is 12.2 Å². The third-order valence-corrected chi connectivity index (χ3v) is 4.04. The van der Waals surface area contributed by atoms with Crippen molar-refractivity contribution in [3.8, 4) is 0 Å². The molecule has 1 aliphatic rings. The van der Waals surface area contributed by atoms with Gasteiger partial charge in [0.1, 0.15) is 0 Å². The summed E-state index contributed by atoms with van der Waals surface area (Å²) in [5.41, 5.74) is 0.902. The second-order valence-corrected chi connectivity index (χ2v) is 5.48. The fourth-order valence-corrected chi connectivity index (χ4v) is 2.79. The largest absolute Gasteiger partial charge is 0.478 e. The van der Waals surface area contributed by atoms with Gasteiger partial charge in [-0.2, -0.15) is 0 Å². The molecule has 0 amide bonds. The number of hydrogen-bond acceptors (Lipinski definition) is 2. The molecule has 1 saturated carbocycles. The van der Waals surface area contributed by atoms with Gasteiger partial charge < -0.3 is 10.4 Å². The highest BCUT2D eigenvalue weighted by Gasteiger charge is 2.23. The van der Waals surface area contributed by atoms with Gasteiger partial charge in [-0.15, -0.1) is 0 Å². The first-order valence-corrected chi connectivity index (χ1v) is 6.72. The molecule has 1 aromatic carbocycles. The number of nitrogens with one attached hydrogen (secondary N) is 1. The second-order valence-electron chi connectivity index (χ2n) is 5.04. The highest BCUT2D eigenvalue weighted by Crippen LogP contribution is 2.31. The molecule has 2 N–H and O–H groups in total. The molecule has 0 radical (unpaired) electrons. The second kappa shape index (κ2) is 5.61. The lowest BCUT2D eigenvalue weighted by molar-refractivity contribution is 0.0698. The van der Waals surface area contributed by atoms with Gasteiger partial charge in [0.25, 0.3) is 0 Å². The minimum absolute atomic E-state index is 0.244. The quantitative estimate of drug-likeness (QED) is 0.870. The fourth-order valence-electron chi connectivity index (χ4n) is 2.61. The third kappa shape index (κ3) is 2.96. The van der Waals surface area contributed by atoms with Crippen LogP contribution in [-0.2, 0) is 0 Å². The van der Waals surface area contributed by atoms with Gasteiger partial charge in [-0.25, -0.2) is 4.79 Å². The number of aromatic carboxylic acids is 1. The third-order valence-electron chi connectivity index (χ3n) is 3.81. The van der Waals surface area contributed by atoms with Crippen LogP contribution in [0, 0.1) is 11.8 Å². The topological polar surface area (TPSA) is 49.3 Å². The van der Waals surface area contributed by atoms with Crippen molar-refractivity contribution in [2.24, 2.45) is 11.8 Å². The number of anilines is 1. The number of carbonyl (C=O) groups is 1. The maximum absolute atomic E-state index is 11.1. The highest BCUT2D eigenvalue weighted by molar-refractivity contribution is 6.31. The molecule has 0 aromatic heterocycles. The minimum Gasteiger partial charge on any atom is -0.478 e. The lowest BCUT2D eigenvalue weighted by Gasteiger charge is -2.17. The fraction of sp³-hybridized carbons (Fsp3) is 0.500. The van der Waals surface area contributed by atoms with Crippen molar-refractivity contribution in [1.29, 1.82) is 0 Å². The summed E-state index contributed by atoms with van der Waals surface area (Å²) in [5.74, 6) is 0.417. The monoisotopic (exact) mass is 267 g/mol. The van der Waals surface area contributed by atoms with E-state index in [1.165, 1.54) is 25.3 Å². The summed E-state index contributed by atoms with van der Waals surface area (Å²) in [7, 11) is 0. The first-order chi connectivity index (χ1) is 8.58. The van der Waals surface area contributed by atoms with E-state index in [4.69, 9.17) is 16.7 Å². The van der Waals surface area contributed by atoms with Crippen molar-refractivity contribution in [2.75, 3.05) is 11.9 Å². The van der Waals surface area contributed by atoms with Crippen LogP contribution < -0.4 is 5.32 Å². The summed E-state index contributed by atoms with van der Waals surface area (Å²) in [4.78, 5) is 11.1. The Hall–Kier alpha value is -1.22. The van der Waals surface area contributed by atoms with Crippen LogP contribution in [0.2, 0.25) is 5.02 Å². The van der Waals surface area contributed by atoms with Gasteiger partial charge in [0.15, 0.2) is 0 Å². The van der Waals surface area contributed by atoms with Crippen LogP contribution in [0.4, 0.5) is 5.69 Å². The zero-order valence-electron chi connectivity index (χ0n) is 10.4. The molecule has 0 aliphatic heterocycles. The molecule has 0 bridgehead atoms. The Morgan fingerprint density at radius 2 is 2.28 bits per heavy atom. The van der Waals surface area contributed by atoms with E-state index in [1.54, 1.807) is 12.1 Å². The predicted octanol–water partition coefficient (Wildman–Crippen LogP) is 3.89. The SMILES string of the molecule is CC1CCCC1CNc1ccc(Cl)cc1C(=O)O. The van der Waals surface area contributed by atoms with Crippen molar-refractivity contribution >= 4 is 23.3 Å².